The van der Waals surface area contributed by atoms with Gasteiger partial charge in [-0.05, 0) is 25.1 Å². The van der Waals surface area contributed by atoms with Crippen molar-refractivity contribution in [3.8, 4) is 0 Å². The molecular weight excluding hydrogens is 264 g/mol. The van der Waals surface area contributed by atoms with E-state index in [4.69, 9.17) is 10.2 Å². The molecule has 0 saturated heterocycles. The van der Waals surface area contributed by atoms with Gasteiger partial charge in [0.25, 0.3) is 5.91 Å². The number of anilines is 1. The van der Waals surface area contributed by atoms with E-state index in [1.807, 2.05) is 0 Å². The van der Waals surface area contributed by atoms with E-state index in [9.17, 15) is 14.4 Å². The molecule has 1 unspecified atom stereocenters. The van der Waals surface area contributed by atoms with Gasteiger partial charge in [0.15, 0.2) is 5.58 Å². The number of carbonyl (C=O) groups excluding carboxylic acids is 2. The van der Waals surface area contributed by atoms with Gasteiger partial charge in [0.1, 0.15) is 6.04 Å². The molecule has 2 rings (SSSR count). The Morgan fingerprint density at radius 3 is 2.75 bits per heavy atom. The maximum Gasteiger partial charge on any atom is 0.420 e. The van der Waals surface area contributed by atoms with E-state index in [-0.39, 0.29) is 0 Å². The van der Waals surface area contributed by atoms with Crippen LogP contribution in [0.3, 0.4) is 0 Å². The van der Waals surface area contributed by atoms with Gasteiger partial charge in [0.2, 0.25) is 0 Å². The number of nitrogen functional groups attached to an aromatic ring is 1. The Hall–Kier alpha value is -2.77. The average Bonchev–Trinajstić information content (AvgIpc) is 2.72. The molecule has 1 heterocycles. The van der Waals surface area contributed by atoms with Crippen molar-refractivity contribution in [1.29, 1.82) is 0 Å². The Balaban J connectivity index is 2.44. The predicted molar refractivity (Wildman–Crippen MR) is 72.2 cm³/mol. The van der Waals surface area contributed by atoms with E-state index in [0.29, 0.717) is 16.8 Å². The summed E-state index contributed by atoms with van der Waals surface area (Å²) in [5, 5.41) is 4.36. The van der Waals surface area contributed by atoms with Crippen LogP contribution in [0.1, 0.15) is 13.0 Å². The van der Waals surface area contributed by atoms with Gasteiger partial charge in [-0.1, -0.05) is 0 Å². The Kier molecular flexibility index (Phi) is 3.47. The van der Waals surface area contributed by atoms with Crippen molar-refractivity contribution in [2.45, 2.75) is 13.0 Å². The molecule has 0 fully saturated rings. The van der Waals surface area contributed by atoms with Gasteiger partial charge in [-0.25, -0.2) is 9.59 Å². The Morgan fingerprint density at radius 2 is 2.10 bits per heavy atom. The number of hydrogen-bond donors (Lipinski definition) is 3. The van der Waals surface area contributed by atoms with Gasteiger partial charge in [0.05, 0.1) is 5.52 Å². The number of carbonyl (C=O) groups is 2. The van der Waals surface area contributed by atoms with Crippen LogP contribution in [0.25, 0.3) is 11.1 Å². The van der Waals surface area contributed by atoms with Gasteiger partial charge in [-0.2, -0.15) is 0 Å². The smallest absolute Gasteiger partial charge is 0.408 e. The summed E-state index contributed by atoms with van der Waals surface area (Å²) in [4.78, 5) is 34.8. The highest BCUT2D eigenvalue weighted by Gasteiger charge is 2.22. The quantitative estimate of drug-likeness (QED) is 0.677. The molecule has 1 aromatic carbocycles. The Morgan fingerprint density at radius 1 is 1.40 bits per heavy atom. The van der Waals surface area contributed by atoms with Gasteiger partial charge < -0.3 is 15.5 Å². The first-order valence-corrected chi connectivity index (χ1v) is 5.87. The fourth-order valence-electron chi connectivity index (χ4n) is 1.81. The Bertz CT molecular complexity index is 731. The minimum absolute atomic E-state index is 0.323. The lowest BCUT2D eigenvalue weighted by Gasteiger charge is -2.12. The van der Waals surface area contributed by atoms with Crippen LogP contribution in [-0.4, -0.2) is 23.6 Å². The number of aromatic nitrogens is 1. The molecule has 8 heteroatoms. The third kappa shape index (κ3) is 2.35. The zero-order valence-corrected chi connectivity index (χ0v) is 11.0. The first-order valence-electron chi connectivity index (χ1n) is 5.87. The van der Waals surface area contributed by atoms with E-state index < -0.39 is 23.7 Å². The topological polar surface area (TPSA) is 119 Å². The summed E-state index contributed by atoms with van der Waals surface area (Å²) in [6, 6.07) is 3.10. The molecule has 0 aliphatic heterocycles. The summed E-state index contributed by atoms with van der Waals surface area (Å²) in [6.45, 7) is 1.48. The molecule has 0 saturated carbocycles. The van der Waals surface area contributed by atoms with E-state index in [1.54, 1.807) is 12.1 Å². The number of nitrogens with two attached hydrogens (primary N) is 1. The first kappa shape index (κ1) is 13.7. The average molecular weight is 278 g/mol. The molecule has 20 heavy (non-hydrogen) atoms. The molecule has 0 aliphatic carbocycles. The number of rotatable bonds is 2. The van der Waals surface area contributed by atoms with Crippen LogP contribution in [-0.2, 0) is 4.79 Å². The lowest BCUT2D eigenvalue weighted by Crippen LogP contribution is -2.42. The number of fused-ring (bicyclic) bond motifs is 1. The zero-order chi connectivity index (χ0) is 14.9. The number of amides is 3. The third-order valence-electron chi connectivity index (χ3n) is 2.87. The second kappa shape index (κ2) is 5.08. The van der Waals surface area contributed by atoms with Gasteiger partial charge in [-0.15, -0.1) is 0 Å². The van der Waals surface area contributed by atoms with Crippen LogP contribution >= 0.6 is 0 Å². The zero-order valence-electron chi connectivity index (χ0n) is 11.0. The maximum absolute atomic E-state index is 11.9. The molecule has 0 spiro atoms. The van der Waals surface area contributed by atoms with Gasteiger partial charge in [-0.3, -0.25) is 14.7 Å². The summed E-state index contributed by atoms with van der Waals surface area (Å²) in [6.07, 6.45) is 0. The van der Waals surface area contributed by atoms with E-state index >= 15 is 0 Å². The van der Waals surface area contributed by atoms with Crippen LogP contribution in [0.2, 0.25) is 0 Å². The molecule has 106 valence electrons. The van der Waals surface area contributed by atoms with Crippen molar-refractivity contribution in [1.82, 2.24) is 15.2 Å². The maximum atomic E-state index is 11.9. The SMILES string of the molecule is CNC(=O)NC(=O)C(C)n1c(=O)oc2ccc(N)cc21. The van der Waals surface area contributed by atoms with E-state index in [0.717, 1.165) is 4.57 Å². The molecule has 0 aliphatic rings. The fourth-order valence-corrected chi connectivity index (χ4v) is 1.81. The largest absolute Gasteiger partial charge is 0.420 e. The van der Waals surface area contributed by atoms with Crippen LogP contribution in [0.4, 0.5) is 10.5 Å². The molecule has 0 bridgehead atoms. The second-order valence-electron chi connectivity index (χ2n) is 4.21. The minimum Gasteiger partial charge on any atom is -0.408 e. The van der Waals surface area contributed by atoms with Crippen LogP contribution in [0.5, 0.6) is 0 Å². The number of oxazole rings is 1. The van der Waals surface area contributed by atoms with E-state index in [1.165, 1.54) is 20.0 Å². The highest BCUT2D eigenvalue weighted by molar-refractivity contribution is 5.96. The van der Waals surface area contributed by atoms with Crippen LogP contribution in [0, 0.1) is 0 Å². The number of hydrogen-bond acceptors (Lipinski definition) is 5. The normalized spacial score (nSPS) is 12.1. The number of nitrogens with zero attached hydrogens (tertiary/aromatic N) is 1. The summed E-state index contributed by atoms with van der Waals surface area (Å²) in [7, 11) is 1.38. The molecular formula is C12H14N4O4. The molecule has 0 radical (unpaired) electrons. The molecule has 1 atom stereocenters. The highest BCUT2D eigenvalue weighted by atomic mass is 16.4. The van der Waals surface area contributed by atoms with Crippen LogP contribution in [0.15, 0.2) is 27.4 Å². The number of benzene rings is 1. The summed E-state index contributed by atoms with van der Waals surface area (Å²) >= 11 is 0. The lowest BCUT2D eigenvalue weighted by molar-refractivity contribution is -0.122. The molecule has 3 amide bonds. The summed E-state index contributed by atoms with van der Waals surface area (Å²) in [5.74, 6) is -1.32. The summed E-state index contributed by atoms with van der Waals surface area (Å²) in [5.41, 5.74) is 6.82. The van der Waals surface area contributed by atoms with Gasteiger partial charge >= 0.3 is 11.8 Å². The molecule has 1 aromatic heterocycles. The van der Waals surface area contributed by atoms with Crippen molar-refractivity contribution in [2.75, 3.05) is 12.8 Å². The third-order valence-corrected chi connectivity index (χ3v) is 2.87. The van der Waals surface area contributed by atoms with Crippen LogP contribution < -0.4 is 22.1 Å². The molecule has 8 nitrogen and oxygen atoms in total. The van der Waals surface area contributed by atoms with Crippen molar-refractivity contribution in [3.63, 3.8) is 0 Å². The Labute approximate surface area is 113 Å². The minimum atomic E-state index is -0.914. The van der Waals surface area contributed by atoms with Crippen molar-refractivity contribution in [3.05, 3.63) is 28.7 Å². The summed E-state index contributed by atoms with van der Waals surface area (Å²) < 4.78 is 6.17. The standard InChI is InChI=1S/C12H14N4O4/c1-6(10(17)15-11(18)14-2)16-8-5-7(13)3-4-9(8)20-12(16)19/h3-6H,13H2,1-2H3,(H2,14,15,17,18). The number of urea groups is 1. The number of nitrogens with one attached hydrogen (secondary N) is 2. The monoisotopic (exact) mass is 278 g/mol. The fraction of sp³-hybridized carbons (Fsp3) is 0.250. The highest BCUT2D eigenvalue weighted by Crippen LogP contribution is 2.19. The number of imide groups is 1. The molecule has 4 N–H and O–H groups in total. The van der Waals surface area contributed by atoms with Crippen molar-refractivity contribution in [2.24, 2.45) is 0 Å². The van der Waals surface area contributed by atoms with Crippen molar-refractivity contribution < 1.29 is 14.0 Å². The van der Waals surface area contributed by atoms with Gasteiger partial charge in [0, 0.05) is 12.7 Å². The predicted octanol–water partition coefficient (Wildman–Crippen LogP) is 0.193. The van der Waals surface area contributed by atoms with E-state index in [2.05, 4.69) is 10.6 Å². The second-order valence-corrected chi connectivity index (χ2v) is 4.21. The first-order chi connectivity index (χ1) is 9.43. The lowest BCUT2D eigenvalue weighted by atomic mass is 10.2. The molecule has 2 aromatic rings. The van der Waals surface area contributed by atoms with Crippen molar-refractivity contribution >= 4 is 28.7 Å².